The summed E-state index contributed by atoms with van der Waals surface area (Å²) in [5.74, 6) is 0.847. The first kappa shape index (κ1) is 17.4. The average molecular weight is 392 g/mol. The van der Waals surface area contributed by atoms with Gasteiger partial charge in [-0.25, -0.2) is 4.98 Å². The molecule has 0 saturated heterocycles. The minimum Gasteiger partial charge on any atom is -0.247 e. The lowest BCUT2D eigenvalue weighted by Gasteiger charge is -2.13. The monoisotopic (exact) mass is 391 g/mol. The number of rotatable bonds is 2. The van der Waals surface area contributed by atoms with Crippen LogP contribution in [-0.2, 0) is 12.6 Å². The second-order valence-corrected chi connectivity index (χ2v) is 7.47. The number of para-hydroxylation sites is 1. The zero-order valence-corrected chi connectivity index (χ0v) is 15.1. The van der Waals surface area contributed by atoms with Crippen molar-refractivity contribution in [3.8, 4) is 0 Å². The molecule has 2 heterocycles. The van der Waals surface area contributed by atoms with Gasteiger partial charge < -0.3 is 0 Å². The average Bonchev–Trinajstić information content (AvgIpc) is 3.09. The molecule has 0 amide bonds. The Labute approximate surface area is 157 Å². The molecule has 0 spiro atoms. The molecule has 0 unspecified atom stereocenters. The van der Waals surface area contributed by atoms with Crippen molar-refractivity contribution in [3.05, 3.63) is 69.9 Å². The van der Waals surface area contributed by atoms with Crippen molar-refractivity contribution >= 4 is 46.4 Å². The molecule has 3 aromatic rings. The van der Waals surface area contributed by atoms with Crippen LogP contribution in [0.4, 0.5) is 13.2 Å². The smallest absolute Gasteiger partial charge is 0.247 e. The third-order valence-electron chi connectivity index (χ3n) is 4.33. The summed E-state index contributed by atoms with van der Waals surface area (Å²) in [7, 11) is 0. The van der Waals surface area contributed by atoms with Crippen molar-refractivity contribution in [1.82, 2.24) is 4.98 Å². The maximum Gasteiger partial charge on any atom is 0.418 e. The van der Waals surface area contributed by atoms with E-state index in [0.717, 1.165) is 34.3 Å². The van der Waals surface area contributed by atoms with Crippen LogP contribution in [0, 0.1) is 0 Å². The summed E-state index contributed by atoms with van der Waals surface area (Å²) in [5, 5.41) is 1.17. The van der Waals surface area contributed by atoms with Crippen molar-refractivity contribution < 1.29 is 13.2 Å². The fourth-order valence-corrected chi connectivity index (χ4v) is 4.53. The molecule has 6 heteroatoms. The van der Waals surface area contributed by atoms with E-state index in [-0.39, 0.29) is 5.52 Å². The minimum atomic E-state index is -4.44. The number of fused-ring (bicyclic) bond motifs is 3. The minimum absolute atomic E-state index is 0.00644. The van der Waals surface area contributed by atoms with Gasteiger partial charge in [-0.05, 0) is 35.8 Å². The van der Waals surface area contributed by atoms with Gasteiger partial charge in [0.1, 0.15) is 0 Å². The van der Waals surface area contributed by atoms with Gasteiger partial charge in [-0.1, -0.05) is 48.0 Å². The zero-order valence-electron chi connectivity index (χ0n) is 13.5. The molecule has 4 rings (SSSR count). The number of pyridine rings is 1. The number of aromatic nitrogens is 1. The fourth-order valence-electron chi connectivity index (χ4n) is 3.12. The van der Waals surface area contributed by atoms with Crippen molar-refractivity contribution in [3.63, 3.8) is 0 Å². The van der Waals surface area contributed by atoms with Crippen LogP contribution in [-0.4, -0.2) is 10.7 Å². The fraction of sp³-hybridized carbons (Fsp3) is 0.150. The Hall–Kier alpha value is -1.98. The van der Waals surface area contributed by atoms with Crippen LogP contribution in [0.2, 0.25) is 5.02 Å². The lowest BCUT2D eigenvalue weighted by Crippen LogP contribution is -2.07. The predicted molar refractivity (Wildman–Crippen MR) is 102 cm³/mol. The molecule has 0 fully saturated rings. The molecule has 0 saturated carbocycles. The van der Waals surface area contributed by atoms with Crippen LogP contribution in [0.15, 0.2) is 47.4 Å². The molecule has 1 nitrogen and oxygen atoms in total. The quantitative estimate of drug-likeness (QED) is 0.480. The van der Waals surface area contributed by atoms with Crippen LogP contribution in [0.5, 0.6) is 0 Å². The summed E-state index contributed by atoms with van der Waals surface area (Å²) in [6, 6.07) is 11.6. The van der Waals surface area contributed by atoms with Crippen LogP contribution in [0.1, 0.15) is 22.4 Å². The van der Waals surface area contributed by atoms with E-state index in [1.54, 1.807) is 36.0 Å². The van der Waals surface area contributed by atoms with Crippen molar-refractivity contribution in [2.24, 2.45) is 0 Å². The van der Waals surface area contributed by atoms with Gasteiger partial charge in [0.25, 0.3) is 0 Å². The standard InChI is InChI=1S/C20H13ClF3NS/c21-16-7-2-1-4-12(16)8-9-17-13-10-11-26-19(13)14-5-3-6-15(18(14)25-17)20(22,23)24/h1-9H,10-11H2. The van der Waals surface area contributed by atoms with E-state index in [1.807, 2.05) is 18.2 Å². The summed E-state index contributed by atoms with van der Waals surface area (Å²) in [4.78, 5) is 5.30. The van der Waals surface area contributed by atoms with Gasteiger partial charge in [0.15, 0.2) is 0 Å². The Morgan fingerprint density at radius 2 is 1.85 bits per heavy atom. The van der Waals surface area contributed by atoms with Gasteiger partial charge >= 0.3 is 6.18 Å². The molecular formula is C20H13ClF3NS. The molecule has 1 aromatic heterocycles. The third-order valence-corrected chi connectivity index (χ3v) is 5.83. The highest BCUT2D eigenvalue weighted by molar-refractivity contribution is 7.99. The zero-order chi connectivity index (χ0) is 18.3. The highest BCUT2D eigenvalue weighted by Gasteiger charge is 2.34. The largest absolute Gasteiger partial charge is 0.418 e. The van der Waals surface area contributed by atoms with Gasteiger partial charge in [0.05, 0.1) is 16.8 Å². The van der Waals surface area contributed by atoms with E-state index in [9.17, 15) is 13.2 Å². The van der Waals surface area contributed by atoms with E-state index >= 15 is 0 Å². The highest BCUT2D eigenvalue weighted by Crippen LogP contribution is 2.42. The maximum absolute atomic E-state index is 13.4. The third kappa shape index (κ3) is 3.10. The first-order valence-corrected chi connectivity index (χ1v) is 9.40. The summed E-state index contributed by atoms with van der Waals surface area (Å²) in [6.45, 7) is 0. The summed E-state index contributed by atoms with van der Waals surface area (Å²) in [5.41, 5.74) is 1.70. The summed E-state index contributed by atoms with van der Waals surface area (Å²) in [6.07, 6.45) is -0.0798. The van der Waals surface area contributed by atoms with Crippen molar-refractivity contribution in [2.75, 3.05) is 5.75 Å². The normalized spacial score (nSPS) is 14.3. The molecule has 0 radical (unpaired) electrons. The van der Waals surface area contributed by atoms with E-state index in [1.165, 1.54) is 6.07 Å². The molecule has 2 aromatic carbocycles. The number of thioether (sulfide) groups is 1. The Morgan fingerprint density at radius 3 is 2.62 bits per heavy atom. The number of benzene rings is 2. The number of alkyl halides is 3. The number of hydrogen-bond acceptors (Lipinski definition) is 2. The summed E-state index contributed by atoms with van der Waals surface area (Å²) >= 11 is 7.75. The van der Waals surface area contributed by atoms with Gasteiger partial charge in [-0.2, -0.15) is 13.2 Å². The van der Waals surface area contributed by atoms with E-state index in [0.29, 0.717) is 16.1 Å². The molecule has 1 aliphatic rings. The Balaban J connectivity index is 1.92. The van der Waals surface area contributed by atoms with E-state index in [4.69, 9.17) is 11.6 Å². The Bertz CT molecular complexity index is 1030. The van der Waals surface area contributed by atoms with Crippen LogP contribution in [0.3, 0.4) is 0 Å². The second kappa shape index (κ2) is 6.63. The highest BCUT2D eigenvalue weighted by atomic mass is 35.5. The first-order valence-electron chi connectivity index (χ1n) is 8.03. The molecule has 0 atom stereocenters. The predicted octanol–water partition coefficient (Wildman–Crippen LogP) is 6.73. The van der Waals surface area contributed by atoms with Gasteiger partial charge in [-0.15, -0.1) is 11.8 Å². The van der Waals surface area contributed by atoms with E-state index < -0.39 is 11.7 Å². The van der Waals surface area contributed by atoms with E-state index in [2.05, 4.69) is 4.98 Å². The lowest BCUT2D eigenvalue weighted by atomic mass is 10.0. The SMILES string of the molecule is FC(F)(F)c1cccc2c3c(c(C=Cc4ccccc4Cl)nc12)CCS3. The van der Waals surface area contributed by atoms with Gasteiger partial charge in [0, 0.05) is 21.1 Å². The van der Waals surface area contributed by atoms with Gasteiger partial charge in [0.2, 0.25) is 0 Å². The van der Waals surface area contributed by atoms with Crippen molar-refractivity contribution in [1.29, 1.82) is 0 Å². The number of hydrogen-bond donors (Lipinski definition) is 0. The molecular weight excluding hydrogens is 379 g/mol. The second-order valence-electron chi connectivity index (χ2n) is 5.96. The molecule has 1 aliphatic heterocycles. The number of nitrogens with zero attached hydrogens (tertiary/aromatic N) is 1. The van der Waals surface area contributed by atoms with Crippen molar-refractivity contribution in [2.45, 2.75) is 17.5 Å². The molecule has 0 bridgehead atoms. The van der Waals surface area contributed by atoms with Crippen LogP contribution >= 0.6 is 23.4 Å². The number of halogens is 4. The summed E-state index contributed by atoms with van der Waals surface area (Å²) < 4.78 is 40.3. The maximum atomic E-state index is 13.4. The molecule has 0 aliphatic carbocycles. The molecule has 26 heavy (non-hydrogen) atoms. The Kier molecular flexibility index (Phi) is 4.45. The lowest BCUT2D eigenvalue weighted by molar-refractivity contribution is -0.136. The molecule has 0 N–H and O–H groups in total. The molecule has 132 valence electrons. The van der Waals surface area contributed by atoms with Crippen LogP contribution in [0.25, 0.3) is 23.1 Å². The first-order chi connectivity index (χ1) is 12.4. The van der Waals surface area contributed by atoms with Gasteiger partial charge in [-0.3, -0.25) is 0 Å². The topological polar surface area (TPSA) is 12.9 Å². The Morgan fingerprint density at radius 1 is 1.04 bits per heavy atom. The van der Waals surface area contributed by atoms with Crippen LogP contribution < -0.4 is 0 Å².